The predicted molar refractivity (Wildman–Crippen MR) is 130 cm³/mol. The van der Waals surface area contributed by atoms with Crippen LogP contribution in [0.1, 0.15) is 24.3 Å². The summed E-state index contributed by atoms with van der Waals surface area (Å²) >= 11 is 0. The molecule has 2 aromatic carbocycles. The Hall–Kier alpha value is -3.29. The van der Waals surface area contributed by atoms with E-state index in [2.05, 4.69) is 39.5 Å². The van der Waals surface area contributed by atoms with E-state index in [1.807, 2.05) is 17.0 Å². The lowest BCUT2D eigenvalue weighted by Gasteiger charge is -2.57. The Bertz CT molecular complexity index is 1110. The molecule has 2 fully saturated rings. The van der Waals surface area contributed by atoms with Gasteiger partial charge in [-0.25, -0.2) is 9.18 Å². The van der Waals surface area contributed by atoms with E-state index in [4.69, 9.17) is 0 Å². The quantitative estimate of drug-likeness (QED) is 0.608. The van der Waals surface area contributed by atoms with E-state index in [1.54, 1.807) is 24.5 Å². The standard InChI is InChI=1S/C27H29FN4O2/c28-22-7-9-23(10-8-22)30-27(34)31-15-1-2-16-32-24(17-31)26(25(32)18-33)21-5-3-19(4-6-21)20-11-13-29-14-12-20/h3-14,24-26,33H,1-2,15-18H2,(H,30,34)/t24-,25+,26+/m1/s1. The molecule has 7 heteroatoms. The Morgan fingerprint density at radius 1 is 0.971 bits per heavy atom. The number of nitrogens with zero attached hydrogens (tertiary/aromatic N) is 3. The molecule has 0 aliphatic carbocycles. The van der Waals surface area contributed by atoms with Crippen LogP contribution in [0.2, 0.25) is 0 Å². The molecule has 2 N–H and O–H groups in total. The summed E-state index contributed by atoms with van der Waals surface area (Å²) in [6, 6.07) is 18.3. The zero-order valence-electron chi connectivity index (χ0n) is 19.0. The minimum absolute atomic E-state index is 0.0527. The molecule has 34 heavy (non-hydrogen) atoms. The molecule has 3 aromatic rings. The highest BCUT2D eigenvalue weighted by Gasteiger charge is 2.49. The number of carbonyl (C=O) groups excluding carboxylic acids is 1. The normalized spacial score (nSPS) is 22.8. The van der Waals surface area contributed by atoms with E-state index in [1.165, 1.54) is 17.7 Å². The minimum atomic E-state index is -0.331. The fraction of sp³-hybridized carbons (Fsp3) is 0.333. The molecule has 0 saturated carbocycles. The van der Waals surface area contributed by atoms with Crippen LogP contribution >= 0.6 is 0 Å². The summed E-state index contributed by atoms with van der Waals surface area (Å²) in [6.07, 6.45) is 5.45. The van der Waals surface area contributed by atoms with Gasteiger partial charge in [-0.05, 0) is 72.5 Å². The Morgan fingerprint density at radius 3 is 2.35 bits per heavy atom. The number of aromatic nitrogens is 1. The molecule has 5 rings (SSSR count). The van der Waals surface area contributed by atoms with Gasteiger partial charge in [0.2, 0.25) is 0 Å². The van der Waals surface area contributed by atoms with Crippen LogP contribution < -0.4 is 5.32 Å². The van der Waals surface area contributed by atoms with E-state index < -0.39 is 0 Å². The van der Waals surface area contributed by atoms with Crippen molar-refractivity contribution < 1.29 is 14.3 Å². The maximum Gasteiger partial charge on any atom is 0.321 e. The molecular weight excluding hydrogens is 431 g/mol. The highest BCUT2D eigenvalue weighted by atomic mass is 19.1. The molecular formula is C27H29FN4O2. The molecule has 176 valence electrons. The van der Waals surface area contributed by atoms with Gasteiger partial charge in [0.15, 0.2) is 0 Å². The van der Waals surface area contributed by atoms with Crippen LogP contribution in [-0.2, 0) is 0 Å². The van der Waals surface area contributed by atoms with Crippen molar-refractivity contribution in [1.29, 1.82) is 0 Å². The first-order chi connectivity index (χ1) is 16.6. The molecule has 0 radical (unpaired) electrons. The third-order valence-electron chi connectivity index (χ3n) is 7.06. The van der Waals surface area contributed by atoms with Gasteiger partial charge in [0, 0.05) is 49.2 Å². The number of anilines is 1. The first kappa shape index (κ1) is 22.5. The third kappa shape index (κ3) is 4.54. The topological polar surface area (TPSA) is 68.7 Å². The summed E-state index contributed by atoms with van der Waals surface area (Å²) in [6.45, 7) is 2.28. The first-order valence-electron chi connectivity index (χ1n) is 11.8. The van der Waals surface area contributed by atoms with Crippen LogP contribution in [0.5, 0.6) is 0 Å². The van der Waals surface area contributed by atoms with Crippen molar-refractivity contribution >= 4 is 11.7 Å². The first-order valence-corrected chi connectivity index (χ1v) is 11.8. The molecule has 2 amide bonds. The number of nitrogens with one attached hydrogen (secondary N) is 1. The average molecular weight is 461 g/mol. The van der Waals surface area contributed by atoms with E-state index in [0.29, 0.717) is 18.8 Å². The monoisotopic (exact) mass is 460 g/mol. The van der Waals surface area contributed by atoms with Crippen LogP contribution in [0.25, 0.3) is 11.1 Å². The Balaban J connectivity index is 1.34. The number of pyridine rings is 1. The van der Waals surface area contributed by atoms with Crippen molar-refractivity contribution in [1.82, 2.24) is 14.8 Å². The number of halogens is 1. The molecule has 6 nitrogen and oxygen atoms in total. The third-order valence-corrected chi connectivity index (χ3v) is 7.06. The van der Waals surface area contributed by atoms with Gasteiger partial charge in [0.25, 0.3) is 0 Å². The largest absolute Gasteiger partial charge is 0.395 e. The highest BCUT2D eigenvalue weighted by molar-refractivity contribution is 5.89. The number of aliphatic hydroxyl groups excluding tert-OH is 1. The van der Waals surface area contributed by atoms with E-state index >= 15 is 0 Å². The van der Waals surface area contributed by atoms with Gasteiger partial charge in [0.05, 0.1) is 6.61 Å². The average Bonchev–Trinajstić information content (AvgIpc) is 2.85. The van der Waals surface area contributed by atoms with Gasteiger partial charge in [0.1, 0.15) is 5.82 Å². The highest BCUT2D eigenvalue weighted by Crippen LogP contribution is 2.42. The zero-order chi connectivity index (χ0) is 23.5. The number of amides is 2. The van der Waals surface area contributed by atoms with E-state index in [-0.39, 0.29) is 36.5 Å². The SMILES string of the molecule is O=C(Nc1ccc(F)cc1)N1CCCCN2[C@H](C1)[C@H](c1ccc(-c3ccncc3)cc1)[C@@H]2CO. The lowest BCUT2D eigenvalue weighted by atomic mass is 9.74. The van der Waals surface area contributed by atoms with Crippen LogP contribution in [0.4, 0.5) is 14.9 Å². The van der Waals surface area contributed by atoms with Crippen molar-refractivity contribution in [3.63, 3.8) is 0 Å². The molecule has 0 bridgehead atoms. The second-order valence-electron chi connectivity index (χ2n) is 9.03. The summed E-state index contributed by atoms with van der Waals surface area (Å²) in [5, 5.41) is 13.1. The molecule has 3 atom stereocenters. The molecule has 0 unspecified atom stereocenters. The molecule has 0 spiro atoms. The second-order valence-corrected chi connectivity index (χ2v) is 9.03. The van der Waals surface area contributed by atoms with E-state index in [9.17, 15) is 14.3 Å². The zero-order valence-corrected chi connectivity index (χ0v) is 19.0. The van der Waals surface area contributed by atoms with Gasteiger partial charge in [-0.15, -0.1) is 0 Å². The van der Waals surface area contributed by atoms with Crippen LogP contribution in [0.15, 0.2) is 73.1 Å². The van der Waals surface area contributed by atoms with E-state index in [0.717, 1.165) is 30.5 Å². The summed E-state index contributed by atoms with van der Waals surface area (Å²) < 4.78 is 13.2. The summed E-state index contributed by atoms with van der Waals surface area (Å²) in [5.41, 5.74) is 4.00. The number of urea groups is 1. The van der Waals surface area contributed by atoms with Crippen molar-refractivity contribution in [2.24, 2.45) is 0 Å². The smallest absolute Gasteiger partial charge is 0.321 e. The van der Waals surface area contributed by atoms with Gasteiger partial charge in [-0.1, -0.05) is 24.3 Å². The summed E-state index contributed by atoms with van der Waals surface area (Å²) in [5.74, 6) is -0.182. The lowest BCUT2D eigenvalue weighted by molar-refractivity contribution is -0.0585. The van der Waals surface area contributed by atoms with Gasteiger partial charge >= 0.3 is 6.03 Å². The second kappa shape index (κ2) is 9.91. The maximum absolute atomic E-state index is 13.2. The maximum atomic E-state index is 13.2. The van der Waals surface area contributed by atoms with Crippen LogP contribution in [0.3, 0.4) is 0 Å². The molecule has 2 aliphatic heterocycles. The van der Waals surface area contributed by atoms with Crippen molar-refractivity contribution in [2.75, 3.05) is 31.6 Å². The van der Waals surface area contributed by atoms with Crippen molar-refractivity contribution in [3.05, 3.63) is 84.4 Å². The number of hydrogen-bond donors (Lipinski definition) is 2. The van der Waals surface area contributed by atoms with Crippen molar-refractivity contribution in [2.45, 2.75) is 30.8 Å². The fourth-order valence-corrected chi connectivity index (χ4v) is 5.30. The summed E-state index contributed by atoms with van der Waals surface area (Å²) in [4.78, 5) is 21.3. The number of hydrogen-bond acceptors (Lipinski definition) is 4. The van der Waals surface area contributed by atoms with Gasteiger partial charge < -0.3 is 15.3 Å². The predicted octanol–water partition coefficient (Wildman–Crippen LogP) is 4.34. The Morgan fingerprint density at radius 2 is 1.65 bits per heavy atom. The number of rotatable bonds is 4. The Labute approximate surface area is 199 Å². The number of benzene rings is 2. The molecule has 2 saturated heterocycles. The minimum Gasteiger partial charge on any atom is -0.395 e. The van der Waals surface area contributed by atoms with Gasteiger partial charge in [-0.2, -0.15) is 0 Å². The van der Waals surface area contributed by atoms with Crippen LogP contribution in [0, 0.1) is 5.82 Å². The number of aliphatic hydroxyl groups is 1. The molecule has 3 heterocycles. The Kier molecular flexibility index (Phi) is 6.56. The lowest BCUT2D eigenvalue weighted by Crippen LogP contribution is -2.68. The van der Waals surface area contributed by atoms with Crippen LogP contribution in [-0.4, -0.2) is 64.2 Å². The number of carbonyl (C=O) groups is 1. The van der Waals surface area contributed by atoms with Gasteiger partial charge in [-0.3, -0.25) is 9.88 Å². The summed E-state index contributed by atoms with van der Waals surface area (Å²) in [7, 11) is 0. The molecule has 2 aliphatic rings. The molecule has 1 aromatic heterocycles. The fourth-order valence-electron chi connectivity index (χ4n) is 5.30. The number of fused-ring (bicyclic) bond motifs is 1. The van der Waals surface area contributed by atoms with Crippen molar-refractivity contribution in [3.8, 4) is 11.1 Å².